The molecule has 5 heteroatoms. The van der Waals surface area contributed by atoms with Gasteiger partial charge in [-0.2, -0.15) is 0 Å². The summed E-state index contributed by atoms with van der Waals surface area (Å²) in [6.07, 6.45) is 0.782. The molecule has 5 nitrogen and oxygen atoms in total. The van der Waals surface area contributed by atoms with Crippen LogP contribution >= 0.6 is 0 Å². The summed E-state index contributed by atoms with van der Waals surface area (Å²) in [7, 11) is 1.86. The molecule has 0 aromatic carbocycles. The van der Waals surface area contributed by atoms with E-state index in [9.17, 15) is 5.11 Å². The molecule has 0 spiro atoms. The van der Waals surface area contributed by atoms with Crippen molar-refractivity contribution in [2.24, 2.45) is 0 Å². The van der Waals surface area contributed by atoms with Crippen molar-refractivity contribution >= 4 is 11.6 Å². The smallest absolute Gasteiger partial charge is 0.137 e. The lowest BCUT2D eigenvalue weighted by molar-refractivity contribution is 0.0839. The molecule has 0 aliphatic carbocycles. The van der Waals surface area contributed by atoms with Crippen LogP contribution in [0.5, 0.6) is 0 Å². The van der Waals surface area contributed by atoms with E-state index in [1.807, 2.05) is 27.8 Å². The quantitative estimate of drug-likeness (QED) is 0.805. The summed E-state index contributed by atoms with van der Waals surface area (Å²) in [5, 5.41) is 13.1. The topological polar surface area (TPSA) is 61.3 Å². The molecule has 2 N–H and O–H groups in total. The number of β-amino-alcohol motifs (C(OH)–C–C–N with tert-alkyl or cyclic N) is 1. The molecule has 1 fully saturated rings. The van der Waals surface area contributed by atoms with Gasteiger partial charge in [0.25, 0.3) is 0 Å². The number of nitrogens with zero attached hydrogens (tertiary/aromatic N) is 3. The van der Waals surface area contributed by atoms with Crippen LogP contribution in [0.1, 0.15) is 24.7 Å². The van der Waals surface area contributed by atoms with Gasteiger partial charge in [-0.15, -0.1) is 0 Å². The molecule has 94 valence electrons. The molecule has 1 aliphatic heterocycles. The van der Waals surface area contributed by atoms with Crippen molar-refractivity contribution in [3.63, 3.8) is 0 Å². The third kappa shape index (κ3) is 2.34. The van der Waals surface area contributed by atoms with Crippen LogP contribution in [0.15, 0.2) is 0 Å². The molecule has 1 aromatic rings. The molecule has 2 heterocycles. The van der Waals surface area contributed by atoms with Gasteiger partial charge in [-0.1, -0.05) is 0 Å². The van der Waals surface area contributed by atoms with E-state index in [2.05, 4.69) is 20.2 Å². The van der Waals surface area contributed by atoms with Gasteiger partial charge in [-0.25, -0.2) is 9.97 Å². The zero-order valence-corrected chi connectivity index (χ0v) is 10.9. The van der Waals surface area contributed by atoms with E-state index in [0.29, 0.717) is 6.54 Å². The van der Waals surface area contributed by atoms with Crippen LogP contribution in [0.25, 0.3) is 0 Å². The number of anilines is 2. The molecule has 0 amide bonds. The molecule has 1 aliphatic rings. The van der Waals surface area contributed by atoms with Gasteiger partial charge in [0.15, 0.2) is 0 Å². The van der Waals surface area contributed by atoms with Crippen molar-refractivity contribution in [2.45, 2.75) is 32.8 Å². The molecule has 1 unspecified atom stereocenters. The Kier molecular flexibility index (Phi) is 2.95. The van der Waals surface area contributed by atoms with Crippen LogP contribution in [-0.2, 0) is 0 Å². The highest BCUT2D eigenvalue weighted by Crippen LogP contribution is 2.29. The summed E-state index contributed by atoms with van der Waals surface area (Å²) in [6, 6.07) is 0. The fraction of sp³-hybridized carbons (Fsp3) is 0.667. The molecule has 2 rings (SSSR count). The summed E-state index contributed by atoms with van der Waals surface area (Å²) < 4.78 is 0. The van der Waals surface area contributed by atoms with Crippen molar-refractivity contribution < 1.29 is 5.11 Å². The number of aryl methyl sites for hydroxylation is 1. The monoisotopic (exact) mass is 236 g/mol. The molecule has 0 saturated carbocycles. The Bertz CT molecular complexity index is 431. The standard InChI is InChI=1S/C12H20N4O/c1-8-10(13-4)14-9(2)15-11(8)16-6-5-12(3,17)7-16/h17H,5-7H2,1-4H3,(H,13,14,15). The van der Waals surface area contributed by atoms with E-state index < -0.39 is 5.60 Å². The Labute approximate surface area is 102 Å². The van der Waals surface area contributed by atoms with E-state index in [1.165, 1.54) is 0 Å². The van der Waals surface area contributed by atoms with E-state index >= 15 is 0 Å². The summed E-state index contributed by atoms with van der Waals surface area (Å²) in [5.41, 5.74) is 0.432. The molecule has 0 bridgehead atoms. The van der Waals surface area contributed by atoms with Crippen LogP contribution in [-0.4, -0.2) is 40.8 Å². The predicted molar refractivity (Wildman–Crippen MR) is 68.5 cm³/mol. The first-order valence-electron chi connectivity index (χ1n) is 5.93. The molecular weight excluding hydrogens is 216 g/mol. The van der Waals surface area contributed by atoms with Gasteiger partial charge in [0.1, 0.15) is 17.5 Å². The third-order valence-corrected chi connectivity index (χ3v) is 3.22. The zero-order valence-electron chi connectivity index (χ0n) is 10.9. The van der Waals surface area contributed by atoms with Gasteiger partial charge >= 0.3 is 0 Å². The van der Waals surface area contributed by atoms with Crippen molar-refractivity contribution in [1.82, 2.24) is 9.97 Å². The van der Waals surface area contributed by atoms with Crippen LogP contribution < -0.4 is 10.2 Å². The van der Waals surface area contributed by atoms with Crippen molar-refractivity contribution in [2.75, 3.05) is 30.4 Å². The number of aromatic nitrogens is 2. The lowest BCUT2D eigenvalue weighted by atomic mass is 10.1. The summed E-state index contributed by atoms with van der Waals surface area (Å²) in [6.45, 7) is 7.24. The fourth-order valence-corrected chi connectivity index (χ4v) is 2.29. The van der Waals surface area contributed by atoms with Gasteiger partial charge in [0, 0.05) is 25.7 Å². The molecule has 17 heavy (non-hydrogen) atoms. The van der Waals surface area contributed by atoms with Gasteiger partial charge in [-0.3, -0.25) is 0 Å². The molecule has 1 aromatic heterocycles. The van der Waals surface area contributed by atoms with Gasteiger partial charge < -0.3 is 15.3 Å². The van der Waals surface area contributed by atoms with Crippen molar-refractivity contribution in [1.29, 1.82) is 0 Å². The van der Waals surface area contributed by atoms with E-state index in [1.54, 1.807) is 0 Å². The zero-order chi connectivity index (χ0) is 12.6. The van der Waals surface area contributed by atoms with E-state index in [-0.39, 0.29) is 0 Å². The van der Waals surface area contributed by atoms with Gasteiger partial charge in [0.2, 0.25) is 0 Å². The molecule has 0 radical (unpaired) electrons. The lowest BCUT2D eigenvalue weighted by Gasteiger charge is -2.22. The van der Waals surface area contributed by atoms with Gasteiger partial charge in [-0.05, 0) is 27.2 Å². The highest BCUT2D eigenvalue weighted by Gasteiger charge is 2.33. The predicted octanol–water partition coefficient (Wildman–Crippen LogP) is 1.10. The minimum absolute atomic E-state index is 0.606. The van der Waals surface area contributed by atoms with Crippen LogP contribution in [0.4, 0.5) is 11.6 Å². The maximum atomic E-state index is 10.0. The van der Waals surface area contributed by atoms with E-state index in [0.717, 1.165) is 36.0 Å². The summed E-state index contributed by atoms with van der Waals surface area (Å²) >= 11 is 0. The van der Waals surface area contributed by atoms with Crippen LogP contribution in [0.2, 0.25) is 0 Å². The maximum absolute atomic E-state index is 10.0. The first-order chi connectivity index (χ1) is 7.93. The van der Waals surface area contributed by atoms with Crippen LogP contribution in [0.3, 0.4) is 0 Å². The molecular formula is C12H20N4O. The fourth-order valence-electron chi connectivity index (χ4n) is 2.29. The minimum atomic E-state index is -0.606. The second kappa shape index (κ2) is 4.14. The normalized spacial score (nSPS) is 24.2. The Hall–Kier alpha value is -1.36. The summed E-state index contributed by atoms with van der Waals surface area (Å²) in [5.74, 6) is 2.54. The highest BCUT2D eigenvalue weighted by atomic mass is 16.3. The largest absolute Gasteiger partial charge is 0.388 e. The summed E-state index contributed by atoms with van der Waals surface area (Å²) in [4.78, 5) is 11.0. The second-order valence-corrected chi connectivity index (χ2v) is 4.99. The first-order valence-corrected chi connectivity index (χ1v) is 5.93. The SMILES string of the molecule is CNc1nc(C)nc(N2CCC(C)(O)C2)c1C. The third-order valence-electron chi connectivity index (χ3n) is 3.22. The van der Waals surface area contributed by atoms with E-state index in [4.69, 9.17) is 0 Å². The number of nitrogens with one attached hydrogen (secondary N) is 1. The second-order valence-electron chi connectivity index (χ2n) is 4.99. The molecule has 1 saturated heterocycles. The highest BCUT2D eigenvalue weighted by molar-refractivity contribution is 5.59. The van der Waals surface area contributed by atoms with Crippen molar-refractivity contribution in [3.05, 3.63) is 11.4 Å². The molecule has 1 atom stereocenters. The minimum Gasteiger partial charge on any atom is -0.388 e. The Morgan fingerprint density at radius 3 is 2.59 bits per heavy atom. The maximum Gasteiger partial charge on any atom is 0.137 e. The lowest BCUT2D eigenvalue weighted by Crippen LogP contribution is -2.30. The number of hydrogen-bond donors (Lipinski definition) is 2. The first kappa shape index (κ1) is 12.1. The Morgan fingerprint density at radius 2 is 2.06 bits per heavy atom. The Morgan fingerprint density at radius 1 is 1.35 bits per heavy atom. The Balaban J connectivity index is 2.36. The average Bonchev–Trinajstić information content (AvgIpc) is 2.61. The van der Waals surface area contributed by atoms with Gasteiger partial charge in [0.05, 0.1) is 5.60 Å². The average molecular weight is 236 g/mol. The number of aliphatic hydroxyl groups is 1. The van der Waals surface area contributed by atoms with Crippen LogP contribution in [0, 0.1) is 13.8 Å². The van der Waals surface area contributed by atoms with Crippen molar-refractivity contribution in [3.8, 4) is 0 Å². The number of hydrogen-bond acceptors (Lipinski definition) is 5. The number of rotatable bonds is 2.